The van der Waals surface area contributed by atoms with Crippen LogP contribution in [-0.2, 0) is 25.7 Å². The molecule has 0 saturated heterocycles. The van der Waals surface area contributed by atoms with E-state index in [4.69, 9.17) is 0 Å². The molecule has 1 N–H and O–H groups in total. The van der Waals surface area contributed by atoms with Crippen LogP contribution in [0.3, 0.4) is 0 Å². The van der Waals surface area contributed by atoms with E-state index in [9.17, 15) is 5.84 Å². The number of hydrogen-bond donors (Lipinski definition) is 0. The lowest BCUT2D eigenvalue weighted by atomic mass is 9.91. The summed E-state index contributed by atoms with van der Waals surface area (Å²) in [7, 11) is 0. The van der Waals surface area contributed by atoms with Gasteiger partial charge in [-0.3, -0.25) is 0 Å². The van der Waals surface area contributed by atoms with Gasteiger partial charge in [0.1, 0.15) is 0 Å². The van der Waals surface area contributed by atoms with Crippen LogP contribution in [0.5, 0.6) is 0 Å². The van der Waals surface area contributed by atoms with E-state index in [0.29, 0.717) is 0 Å². The molecule has 0 saturated carbocycles. The highest BCUT2D eigenvalue weighted by Crippen LogP contribution is 2.36. The lowest BCUT2D eigenvalue weighted by Crippen LogP contribution is -2.13. The second-order valence-electron chi connectivity index (χ2n) is 14.4. The van der Waals surface area contributed by atoms with Crippen molar-refractivity contribution in [1.29, 1.82) is 0 Å². The Kier molecular flexibility index (Phi) is 18.3. The number of aryl methyl sites for hydroxylation is 4. The van der Waals surface area contributed by atoms with Crippen LogP contribution in [0.15, 0.2) is 53.6 Å². The zero-order valence-corrected chi connectivity index (χ0v) is 31.5. The summed E-state index contributed by atoms with van der Waals surface area (Å²) < 4.78 is 1.82. The first kappa shape index (κ1) is 38.8. The summed E-state index contributed by atoms with van der Waals surface area (Å²) in [4.78, 5) is 0. The summed E-state index contributed by atoms with van der Waals surface area (Å²) in [6, 6.07) is 14.7. The number of allylic oxidation sites excluding steroid dienone is 3. The molecule has 0 aromatic heterocycles. The van der Waals surface area contributed by atoms with Crippen molar-refractivity contribution in [2.75, 3.05) is 0 Å². The fraction of sp³-hybridized carbons (Fsp3) is 0.622. The van der Waals surface area contributed by atoms with Crippen molar-refractivity contribution in [2.24, 2.45) is 0 Å². The number of hydrogen-bond acceptors (Lipinski definition) is 0. The molecule has 3 rings (SSSR count). The van der Waals surface area contributed by atoms with E-state index in [0.717, 1.165) is 49.9 Å². The molecule has 1 aliphatic rings. The summed E-state index contributed by atoms with van der Waals surface area (Å²) >= 11 is 0. The van der Waals surface area contributed by atoms with E-state index < -0.39 is 0 Å². The number of benzene rings is 2. The van der Waals surface area contributed by atoms with E-state index >= 15 is 0 Å². The molecule has 2 heteroatoms. The van der Waals surface area contributed by atoms with Gasteiger partial charge in [-0.1, -0.05) is 136 Å². The predicted molar refractivity (Wildman–Crippen MR) is 209 cm³/mol. The molecule has 260 valence electrons. The molecule has 0 aliphatic carbocycles. The average molecular weight is 639 g/mol. The SMILES string of the molecule is CCCC=C1C(C)=C(c2cc(CCCCCC)cc(CCCCCC)c2)[N+]([NH-])=C1c1cc(CCCCCC)cc(CCCCCC)c1. The molecule has 2 nitrogen and oxygen atoms in total. The van der Waals surface area contributed by atoms with Crippen molar-refractivity contribution in [3.05, 3.63) is 92.8 Å². The molecule has 0 fully saturated rings. The molecule has 1 heterocycles. The fourth-order valence-electron chi connectivity index (χ4n) is 7.27. The van der Waals surface area contributed by atoms with E-state index in [2.05, 4.69) is 84.0 Å². The van der Waals surface area contributed by atoms with Crippen LogP contribution in [0.1, 0.15) is 190 Å². The molecule has 0 atom stereocenters. The normalized spacial score (nSPS) is 14.3. The molecule has 0 bridgehead atoms. The minimum absolute atomic E-state index is 1.04. The Hall–Kier alpha value is -2.61. The van der Waals surface area contributed by atoms with Crippen LogP contribution < -0.4 is 0 Å². The molecule has 47 heavy (non-hydrogen) atoms. The zero-order valence-electron chi connectivity index (χ0n) is 31.5. The van der Waals surface area contributed by atoms with Crippen LogP contribution in [-0.4, -0.2) is 10.4 Å². The van der Waals surface area contributed by atoms with E-state index in [-0.39, 0.29) is 0 Å². The Balaban J connectivity index is 2.09. The molecule has 1 aliphatic heterocycles. The summed E-state index contributed by atoms with van der Waals surface area (Å²) in [6.45, 7) is 13.7. The summed E-state index contributed by atoms with van der Waals surface area (Å²) in [6.07, 6.45) is 29.7. The molecule has 0 spiro atoms. The molecule has 0 unspecified atom stereocenters. The number of rotatable bonds is 24. The Bertz CT molecular complexity index is 1250. The van der Waals surface area contributed by atoms with Crippen molar-refractivity contribution in [1.82, 2.24) is 0 Å². The lowest BCUT2D eigenvalue weighted by Gasteiger charge is -2.14. The van der Waals surface area contributed by atoms with Gasteiger partial charge in [-0.25, -0.2) is 4.68 Å². The number of nitrogens with zero attached hydrogens (tertiary/aromatic N) is 1. The molecular formula is C45H70N2. The van der Waals surface area contributed by atoms with E-state index in [1.165, 1.54) is 147 Å². The maximum absolute atomic E-state index is 9.77. The first-order valence-electron chi connectivity index (χ1n) is 20.0. The van der Waals surface area contributed by atoms with Crippen molar-refractivity contribution in [3.63, 3.8) is 0 Å². The standard InChI is InChI=1S/C45H70N2/c1-7-12-17-21-25-37-30-38(26-22-18-13-8-2)33-41(32-37)44-36(6)43(29-16-11-5)45(47(44)46)42-34-39(27-23-19-14-9-3)31-40(35-42)28-24-20-15-10-4/h29-35,46H,7-28H2,1-6H3. The van der Waals surface area contributed by atoms with Crippen molar-refractivity contribution in [2.45, 2.75) is 183 Å². The summed E-state index contributed by atoms with van der Waals surface area (Å²) in [5, 5.41) is 0. The Morgan fingerprint density at radius 2 is 0.872 bits per heavy atom. The third-order valence-corrected chi connectivity index (χ3v) is 10.0. The maximum Gasteiger partial charge on any atom is 0.215 e. The van der Waals surface area contributed by atoms with Gasteiger partial charge in [-0.05, 0) is 111 Å². The Morgan fingerprint density at radius 1 is 0.489 bits per heavy atom. The molecule has 2 aromatic rings. The van der Waals surface area contributed by atoms with E-state index in [1.54, 1.807) is 0 Å². The Labute approximate surface area is 291 Å². The quantitative estimate of drug-likeness (QED) is 0.0808. The van der Waals surface area contributed by atoms with Crippen LogP contribution in [0, 0.1) is 0 Å². The summed E-state index contributed by atoms with van der Waals surface area (Å²) in [5.41, 5.74) is 13.0. The van der Waals surface area contributed by atoms with Gasteiger partial charge in [0, 0.05) is 16.7 Å². The minimum atomic E-state index is 1.04. The first-order valence-corrected chi connectivity index (χ1v) is 20.0. The van der Waals surface area contributed by atoms with Gasteiger partial charge in [-0.2, -0.15) is 0 Å². The molecule has 0 amide bonds. The van der Waals surface area contributed by atoms with Crippen LogP contribution in [0.25, 0.3) is 11.5 Å². The zero-order chi connectivity index (χ0) is 33.9. The molecule has 0 radical (unpaired) electrons. The van der Waals surface area contributed by atoms with Gasteiger partial charge < -0.3 is 5.84 Å². The highest BCUT2D eigenvalue weighted by molar-refractivity contribution is 6.16. The Morgan fingerprint density at radius 3 is 1.23 bits per heavy atom. The average Bonchev–Trinajstić information content (AvgIpc) is 3.32. The highest BCUT2D eigenvalue weighted by Gasteiger charge is 2.33. The molecule has 2 aromatic carbocycles. The smallest absolute Gasteiger partial charge is 0.215 e. The fourth-order valence-corrected chi connectivity index (χ4v) is 7.27. The third kappa shape index (κ3) is 12.4. The van der Waals surface area contributed by atoms with Crippen LogP contribution in [0.4, 0.5) is 0 Å². The minimum Gasteiger partial charge on any atom is -0.448 e. The third-order valence-electron chi connectivity index (χ3n) is 10.0. The first-order chi connectivity index (χ1) is 23.0. The molecular weight excluding hydrogens is 569 g/mol. The monoisotopic (exact) mass is 639 g/mol. The predicted octanol–water partition coefficient (Wildman–Crippen LogP) is 14.1. The van der Waals surface area contributed by atoms with Gasteiger partial charge >= 0.3 is 0 Å². The van der Waals surface area contributed by atoms with Crippen molar-refractivity contribution < 1.29 is 4.68 Å². The van der Waals surface area contributed by atoms with Gasteiger partial charge in [0.2, 0.25) is 11.4 Å². The van der Waals surface area contributed by atoms with Crippen LogP contribution in [0.2, 0.25) is 0 Å². The van der Waals surface area contributed by atoms with Gasteiger partial charge in [-0.15, -0.1) is 0 Å². The van der Waals surface area contributed by atoms with Crippen molar-refractivity contribution in [3.8, 4) is 0 Å². The largest absolute Gasteiger partial charge is 0.448 e. The van der Waals surface area contributed by atoms with E-state index in [1.807, 2.05) is 4.68 Å². The maximum atomic E-state index is 9.77. The second-order valence-corrected chi connectivity index (χ2v) is 14.4. The van der Waals surface area contributed by atoms with Crippen molar-refractivity contribution >= 4 is 11.4 Å². The van der Waals surface area contributed by atoms with Gasteiger partial charge in [0.05, 0.1) is 5.57 Å². The topological polar surface area (TPSA) is 26.8 Å². The number of nitrogens with one attached hydrogen (secondary N) is 1. The summed E-state index contributed by atoms with van der Waals surface area (Å²) in [5.74, 6) is 9.77. The lowest BCUT2D eigenvalue weighted by molar-refractivity contribution is -0.347. The van der Waals surface area contributed by atoms with Gasteiger partial charge in [0.25, 0.3) is 0 Å². The second kappa shape index (κ2) is 22.1. The van der Waals surface area contributed by atoms with Gasteiger partial charge in [0.15, 0.2) is 0 Å². The highest BCUT2D eigenvalue weighted by atomic mass is 15.3. The van der Waals surface area contributed by atoms with Crippen LogP contribution >= 0.6 is 0 Å². The number of unbranched alkanes of at least 4 members (excludes halogenated alkanes) is 13.